The number of phenols is 1. The average Bonchev–Trinajstić information content (AvgIpc) is 3.11. The third kappa shape index (κ3) is 3.53. The Balaban J connectivity index is 1.91. The Morgan fingerprint density at radius 3 is 2.81 bits per heavy atom. The van der Waals surface area contributed by atoms with Crippen molar-refractivity contribution >= 4 is 5.71 Å². The van der Waals surface area contributed by atoms with Crippen LogP contribution in [0.25, 0.3) is 0 Å². The van der Waals surface area contributed by atoms with Gasteiger partial charge in [-0.3, -0.25) is 14.3 Å². The quantitative estimate of drug-likeness (QED) is 0.601. The number of nitrogens with one attached hydrogen (secondary N) is 2. The molecule has 0 bridgehead atoms. The summed E-state index contributed by atoms with van der Waals surface area (Å²) < 4.78 is 6.27. The molecule has 3 rings (SSSR count). The number of hydrazone groups is 1. The lowest BCUT2D eigenvalue weighted by Gasteiger charge is -2.13. The van der Waals surface area contributed by atoms with Crippen LogP contribution in [0.5, 0.6) is 17.4 Å². The van der Waals surface area contributed by atoms with E-state index in [-0.39, 0.29) is 23.2 Å². The fraction of sp³-hybridized carbons (Fsp3) is 0.389. The number of aromatic nitrogens is 2. The summed E-state index contributed by atoms with van der Waals surface area (Å²) in [5.41, 5.74) is 2.77. The van der Waals surface area contributed by atoms with Crippen LogP contribution in [0.1, 0.15) is 43.4 Å². The molecule has 0 aliphatic carbocycles. The van der Waals surface area contributed by atoms with E-state index in [1.165, 1.54) is 13.2 Å². The second-order valence-electron chi connectivity index (χ2n) is 6.34. The Hall–Kier alpha value is -3.23. The molecule has 2 aromatic rings. The minimum absolute atomic E-state index is 0.00792. The molecule has 9 heteroatoms. The SMILES string of the molecule is CCCCn1c(O)c(C2=NN[C@H](c3ccc(O)c(OC)c3)C2)c(=O)[nH]c1=O. The molecule has 1 aromatic carbocycles. The first kappa shape index (κ1) is 18.6. The van der Waals surface area contributed by atoms with Gasteiger partial charge in [0, 0.05) is 13.0 Å². The molecular weight excluding hydrogens is 352 g/mol. The van der Waals surface area contributed by atoms with Gasteiger partial charge in [0.25, 0.3) is 5.56 Å². The van der Waals surface area contributed by atoms with Gasteiger partial charge in [0.05, 0.1) is 18.9 Å². The number of H-pyrrole nitrogens is 1. The van der Waals surface area contributed by atoms with Crippen LogP contribution in [-0.2, 0) is 6.54 Å². The van der Waals surface area contributed by atoms with Crippen LogP contribution in [0.4, 0.5) is 0 Å². The van der Waals surface area contributed by atoms with Crippen LogP contribution in [0.3, 0.4) is 0 Å². The van der Waals surface area contributed by atoms with Crippen LogP contribution in [0, 0.1) is 0 Å². The molecular formula is C18H22N4O5. The number of aromatic amines is 1. The normalized spacial score (nSPS) is 16.1. The van der Waals surface area contributed by atoms with Crippen molar-refractivity contribution in [3.05, 3.63) is 50.2 Å². The van der Waals surface area contributed by atoms with E-state index in [9.17, 15) is 19.8 Å². The Bertz CT molecular complexity index is 992. The molecule has 0 saturated carbocycles. The van der Waals surface area contributed by atoms with Crippen LogP contribution in [-0.4, -0.2) is 32.6 Å². The van der Waals surface area contributed by atoms with E-state index in [0.29, 0.717) is 30.8 Å². The van der Waals surface area contributed by atoms with Crippen molar-refractivity contribution in [2.45, 2.75) is 38.8 Å². The second-order valence-corrected chi connectivity index (χ2v) is 6.34. The van der Waals surface area contributed by atoms with E-state index >= 15 is 0 Å². The number of ether oxygens (including phenoxy) is 1. The van der Waals surface area contributed by atoms with Crippen LogP contribution in [0.2, 0.25) is 0 Å². The second kappa shape index (κ2) is 7.56. The number of rotatable bonds is 6. The maximum Gasteiger partial charge on any atom is 0.331 e. The summed E-state index contributed by atoms with van der Waals surface area (Å²) in [6.07, 6.45) is 1.86. The Morgan fingerprint density at radius 2 is 2.11 bits per heavy atom. The van der Waals surface area contributed by atoms with E-state index in [1.54, 1.807) is 12.1 Å². The zero-order valence-corrected chi connectivity index (χ0v) is 15.2. The third-order valence-corrected chi connectivity index (χ3v) is 4.55. The van der Waals surface area contributed by atoms with Gasteiger partial charge >= 0.3 is 5.69 Å². The molecule has 1 aliphatic heterocycles. The molecule has 144 valence electrons. The summed E-state index contributed by atoms with van der Waals surface area (Å²) in [5, 5.41) is 24.4. The van der Waals surface area contributed by atoms with Crippen molar-refractivity contribution in [1.82, 2.24) is 15.0 Å². The van der Waals surface area contributed by atoms with Crippen molar-refractivity contribution in [2.24, 2.45) is 5.10 Å². The van der Waals surface area contributed by atoms with Crippen LogP contribution in [0.15, 0.2) is 32.9 Å². The molecule has 9 nitrogen and oxygen atoms in total. The molecule has 27 heavy (non-hydrogen) atoms. The van der Waals surface area contributed by atoms with Crippen LogP contribution >= 0.6 is 0 Å². The zero-order valence-electron chi connectivity index (χ0n) is 15.2. The number of phenolic OH excluding ortho intramolecular Hbond substituents is 1. The third-order valence-electron chi connectivity index (χ3n) is 4.55. The van der Waals surface area contributed by atoms with E-state index in [2.05, 4.69) is 15.5 Å². The summed E-state index contributed by atoms with van der Waals surface area (Å²) in [6.45, 7) is 2.28. The minimum Gasteiger partial charge on any atom is -0.504 e. The lowest BCUT2D eigenvalue weighted by atomic mass is 9.99. The highest BCUT2D eigenvalue weighted by Crippen LogP contribution is 2.32. The maximum absolute atomic E-state index is 12.3. The molecule has 0 spiro atoms. The van der Waals surface area contributed by atoms with Crippen molar-refractivity contribution < 1.29 is 14.9 Å². The molecule has 2 heterocycles. The molecule has 4 N–H and O–H groups in total. The monoisotopic (exact) mass is 374 g/mol. The fourth-order valence-electron chi connectivity index (χ4n) is 3.05. The van der Waals surface area contributed by atoms with Gasteiger partial charge in [0.2, 0.25) is 5.88 Å². The average molecular weight is 374 g/mol. The topological polar surface area (TPSA) is 129 Å². The van der Waals surface area contributed by atoms with Crippen molar-refractivity contribution in [3.63, 3.8) is 0 Å². The van der Waals surface area contributed by atoms with Gasteiger partial charge in [0.1, 0.15) is 5.56 Å². The van der Waals surface area contributed by atoms with Crippen molar-refractivity contribution in [1.29, 1.82) is 0 Å². The fourth-order valence-corrected chi connectivity index (χ4v) is 3.05. The summed E-state index contributed by atoms with van der Waals surface area (Å²) in [6, 6.07) is 4.66. The first-order valence-electron chi connectivity index (χ1n) is 8.71. The van der Waals surface area contributed by atoms with Gasteiger partial charge in [-0.25, -0.2) is 4.79 Å². The number of hydrogen-bond acceptors (Lipinski definition) is 7. The number of benzene rings is 1. The van der Waals surface area contributed by atoms with E-state index < -0.39 is 11.2 Å². The predicted molar refractivity (Wildman–Crippen MR) is 99.6 cm³/mol. The Kier molecular flexibility index (Phi) is 5.20. The lowest BCUT2D eigenvalue weighted by molar-refractivity contribution is 0.372. The molecule has 1 aromatic heterocycles. The Morgan fingerprint density at radius 1 is 1.33 bits per heavy atom. The molecule has 0 radical (unpaired) electrons. The number of nitrogens with zero attached hydrogens (tertiary/aromatic N) is 2. The molecule has 1 aliphatic rings. The molecule has 1 atom stereocenters. The van der Waals surface area contributed by atoms with E-state index in [0.717, 1.165) is 16.6 Å². The predicted octanol–water partition coefficient (Wildman–Crippen LogP) is 1.20. The van der Waals surface area contributed by atoms with Crippen molar-refractivity contribution in [2.75, 3.05) is 7.11 Å². The first-order chi connectivity index (χ1) is 13.0. The van der Waals surface area contributed by atoms with Gasteiger partial charge in [-0.05, 0) is 24.1 Å². The number of hydrogen-bond donors (Lipinski definition) is 4. The molecule has 0 saturated heterocycles. The highest BCUT2D eigenvalue weighted by Gasteiger charge is 2.27. The highest BCUT2D eigenvalue weighted by molar-refractivity contribution is 6.03. The summed E-state index contributed by atoms with van der Waals surface area (Å²) in [4.78, 5) is 26.5. The van der Waals surface area contributed by atoms with E-state index in [4.69, 9.17) is 4.74 Å². The van der Waals surface area contributed by atoms with Gasteiger partial charge in [-0.2, -0.15) is 5.10 Å². The zero-order chi connectivity index (χ0) is 19.6. The largest absolute Gasteiger partial charge is 0.504 e. The maximum atomic E-state index is 12.3. The summed E-state index contributed by atoms with van der Waals surface area (Å²) in [5.74, 6) is -0.0178. The molecule has 0 fully saturated rings. The number of methoxy groups -OCH3 is 1. The summed E-state index contributed by atoms with van der Waals surface area (Å²) >= 11 is 0. The summed E-state index contributed by atoms with van der Waals surface area (Å²) in [7, 11) is 1.46. The van der Waals surface area contributed by atoms with Crippen molar-refractivity contribution in [3.8, 4) is 17.4 Å². The lowest BCUT2D eigenvalue weighted by Crippen LogP contribution is -2.33. The molecule has 0 unspecified atom stereocenters. The minimum atomic E-state index is -0.672. The van der Waals surface area contributed by atoms with Crippen LogP contribution < -0.4 is 21.4 Å². The Labute approximate surface area is 154 Å². The van der Waals surface area contributed by atoms with Gasteiger partial charge in [-0.15, -0.1) is 0 Å². The number of aromatic hydroxyl groups is 2. The van der Waals surface area contributed by atoms with Gasteiger partial charge in [-0.1, -0.05) is 19.4 Å². The standard InChI is InChI=1S/C18H22N4O5/c1-3-4-7-22-17(25)15(16(24)19-18(22)26)12-9-11(20-21-12)10-5-6-13(23)14(8-10)27-2/h5-6,8,11,20,23,25H,3-4,7,9H2,1-2H3,(H,19,24,26)/t11-/m0/s1. The van der Waals surface area contributed by atoms with Gasteiger partial charge in [0.15, 0.2) is 11.5 Å². The van der Waals surface area contributed by atoms with Gasteiger partial charge < -0.3 is 20.4 Å². The van der Waals surface area contributed by atoms with E-state index in [1.807, 2.05) is 6.92 Å². The number of unbranched alkanes of at least 4 members (excludes halogenated alkanes) is 1. The smallest absolute Gasteiger partial charge is 0.331 e. The highest BCUT2D eigenvalue weighted by atomic mass is 16.5. The molecule has 0 amide bonds. The first-order valence-corrected chi connectivity index (χ1v) is 8.71.